The zero-order valence-electron chi connectivity index (χ0n) is 12.7. The maximum atomic E-state index is 6.37. The molecule has 2 aliphatic rings. The van der Waals surface area contributed by atoms with E-state index in [1.54, 1.807) is 19.4 Å². The maximum Gasteiger partial charge on any atom is 0.155 e. The van der Waals surface area contributed by atoms with Gasteiger partial charge in [-0.3, -0.25) is 0 Å². The summed E-state index contributed by atoms with van der Waals surface area (Å²) >= 11 is 12.3. The Hall–Kier alpha value is -1.37. The second kappa shape index (κ2) is 5.92. The summed E-state index contributed by atoms with van der Waals surface area (Å²) in [4.78, 5) is 6.59. The summed E-state index contributed by atoms with van der Waals surface area (Å²) in [6.07, 6.45) is 4.69. The van der Waals surface area contributed by atoms with Gasteiger partial charge in [0, 0.05) is 39.2 Å². The molecule has 0 unspecified atom stereocenters. The molecule has 2 aromatic heterocycles. The Balaban J connectivity index is 1.73. The molecule has 23 heavy (non-hydrogen) atoms. The Morgan fingerprint density at radius 1 is 1.30 bits per heavy atom. The highest BCUT2D eigenvalue weighted by atomic mass is 35.5. The second-order valence-corrected chi connectivity index (χ2v) is 6.79. The van der Waals surface area contributed by atoms with Gasteiger partial charge in [-0.2, -0.15) is 0 Å². The van der Waals surface area contributed by atoms with Gasteiger partial charge in [0.15, 0.2) is 5.82 Å². The number of anilines is 1. The first-order valence-corrected chi connectivity index (χ1v) is 8.45. The quantitative estimate of drug-likeness (QED) is 0.848. The van der Waals surface area contributed by atoms with Gasteiger partial charge in [-0.15, -0.1) is 10.2 Å². The van der Waals surface area contributed by atoms with E-state index in [2.05, 4.69) is 24.6 Å². The van der Waals surface area contributed by atoms with Crippen molar-refractivity contribution < 1.29 is 4.74 Å². The summed E-state index contributed by atoms with van der Waals surface area (Å²) < 4.78 is 7.80. The van der Waals surface area contributed by atoms with Crippen LogP contribution in [0.1, 0.15) is 30.5 Å². The van der Waals surface area contributed by atoms with Crippen molar-refractivity contribution in [3.05, 3.63) is 34.0 Å². The molecule has 2 atom stereocenters. The van der Waals surface area contributed by atoms with Crippen LogP contribution in [0, 0.1) is 0 Å². The van der Waals surface area contributed by atoms with Gasteiger partial charge in [-0.1, -0.05) is 23.2 Å². The van der Waals surface area contributed by atoms with Crippen LogP contribution in [0.15, 0.2) is 12.3 Å². The monoisotopic (exact) mass is 353 g/mol. The average molecular weight is 354 g/mol. The molecule has 2 aliphatic heterocycles. The van der Waals surface area contributed by atoms with Gasteiger partial charge in [0.2, 0.25) is 0 Å². The number of nitrogens with zero attached hydrogens (tertiary/aromatic N) is 5. The molecule has 4 rings (SSSR count). The fourth-order valence-corrected chi connectivity index (χ4v) is 3.97. The normalized spacial score (nSPS) is 23.5. The van der Waals surface area contributed by atoms with Gasteiger partial charge in [-0.05, 0) is 12.5 Å². The Morgan fingerprint density at radius 3 is 2.96 bits per heavy atom. The Bertz CT molecular complexity index is 735. The third-order valence-corrected chi connectivity index (χ3v) is 5.08. The van der Waals surface area contributed by atoms with Crippen LogP contribution < -0.4 is 4.90 Å². The van der Waals surface area contributed by atoms with Crippen LogP contribution in [-0.4, -0.2) is 39.5 Å². The van der Waals surface area contributed by atoms with E-state index < -0.39 is 0 Å². The predicted molar refractivity (Wildman–Crippen MR) is 88.1 cm³/mol. The third kappa shape index (κ3) is 2.58. The molecule has 0 spiro atoms. The fraction of sp³-hybridized carbons (Fsp3) is 0.533. The van der Waals surface area contributed by atoms with Gasteiger partial charge in [0.05, 0.1) is 22.2 Å². The number of fused-ring (bicyclic) bond motifs is 1. The van der Waals surface area contributed by atoms with Crippen molar-refractivity contribution in [2.24, 2.45) is 0 Å². The lowest BCUT2D eigenvalue weighted by atomic mass is 10.2. The molecule has 0 radical (unpaired) electrons. The third-order valence-electron chi connectivity index (χ3n) is 4.59. The van der Waals surface area contributed by atoms with Crippen molar-refractivity contribution in [2.45, 2.75) is 38.0 Å². The summed E-state index contributed by atoms with van der Waals surface area (Å²) in [7, 11) is 1.73. The molecule has 0 saturated carbocycles. The first-order valence-electron chi connectivity index (χ1n) is 7.70. The molecular weight excluding hydrogens is 337 g/mol. The maximum absolute atomic E-state index is 6.37. The highest BCUT2D eigenvalue weighted by Gasteiger charge is 2.39. The van der Waals surface area contributed by atoms with Gasteiger partial charge in [0.25, 0.3) is 0 Å². The molecular formula is C15H17Cl2N5O. The number of rotatable bonds is 3. The molecule has 4 heterocycles. The van der Waals surface area contributed by atoms with E-state index >= 15 is 0 Å². The zero-order valence-corrected chi connectivity index (χ0v) is 14.3. The fourth-order valence-electron chi connectivity index (χ4n) is 3.49. The zero-order chi connectivity index (χ0) is 16.0. The van der Waals surface area contributed by atoms with Crippen molar-refractivity contribution in [3.63, 3.8) is 0 Å². The minimum absolute atomic E-state index is 0.0606. The van der Waals surface area contributed by atoms with Crippen LogP contribution in [0.5, 0.6) is 0 Å². The summed E-state index contributed by atoms with van der Waals surface area (Å²) in [6, 6.07) is 1.78. The van der Waals surface area contributed by atoms with Gasteiger partial charge < -0.3 is 14.2 Å². The van der Waals surface area contributed by atoms with Gasteiger partial charge >= 0.3 is 0 Å². The number of methoxy groups -OCH3 is 1. The van der Waals surface area contributed by atoms with Crippen LogP contribution in [0.4, 0.5) is 5.82 Å². The lowest BCUT2D eigenvalue weighted by Crippen LogP contribution is -2.27. The van der Waals surface area contributed by atoms with Crippen molar-refractivity contribution in [3.8, 4) is 0 Å². The van der Waals surface area contributed by atoms with E-state index in [1.165, 1.54) is 0 Å². The molecule has 0 aliphatic carbocycles. The number of aryl methyl sites for hydroxylation is 1. The summed E-state index contributed by atoms with van der Waals surface area (Å²) in [6.45, 7) is 1.69. The smallest absolute Gasteiger partial charge is 0.155 e. The van der Waals surface area contributed by atoms with E-state index in [-0.39, 0.29) is 12.1 Å². The molecule has 122 valence electrons. The largest absolute Gasteiger partial charge is 0.380 e. The van der Waals surface area contributed by atoms with Crippen LogP contribution in [0.25, 0.3) is 0 Å². The van der Waals surface area contributed by atoms with Crippen LogP contribution in [0.2, 0.25) is 10.0 Å². The SMILES string of the molecule is CO[C@@H]1C[C@@H](c2nnc3n2CCC3)N(c2ncc(Cl)cc2Cl)C1. The lowest BCUT2D eigenvalue weighted by molar-refractivity contribution is 0.118. The van der Waals surface area contributed by atoms with Crippen molar-refractivity contribution in [2.75, 3.05) is 18.6 Å². The molecule has 0 aromatic carbocycles. The van der Waals surface area contributed by atoms with Crippen LogP contribution >= 0.6 is 23.2 Å². The van der Waals surface area contributed by atoms with Crippen LogP contribution in [0.3, 0.4) is 0 Å². The molecule has 2 aromatic rings. The van der Waals surface area contributed by atoms with Gasteiger partial charge in [-0.25, -0.2) is 4.98 Å². The molecule has 8 heteroatoms. The van der Waals surface area contributed by atoms with Crippen molar-refractivity contribution in [1.29, 1.82) is 0 Å². The van der Waals surface area contributed by atoms with E-state index in [1.807, 2.05) is 0 Å². The number of hydrogen-bond donors (Lipinski definition) is 0. The number of aromatic nitrogens is 4. The topological polar surface area (TPSA) is 56.1 Å². The summed E-state index contributed by atoms with van der Waals surface area (Å²) in [5.41, 5.74) is 0. The lowest BCUT2D eigenvalue weighted by Gasteiger charge is -2.25. The first kappa shape index (κ1) is 15.2. The Kier molecular flexibility index (Phi) is 3.91. The molecule has 0 bridgehead atoms. The minimum Gasteiger partial charge on any atom is -0.380 e. The second-order valence-electron chi connectivity index (χ2n) is 5.95. The van der Waals surface area contributed by atoms with E-state index in [9.17, 15) is 0 Å². The molecule has 0 N–H and O–H groups in total. The average Bonchev–Trinajstić information content (AvgIpc) is 3.21. The molecule has 1 fully saturated rings. The number of ether oxygens (including phenoxy) is 1. The minimum atomic E-state index is 0.0606. The van der Waals surface area contributed by atoms with Crippen molar-refractivity contribution in [1.82, 2.24) is 19.7 Å². The summed E-state index contributed by atoms with van der Waals surface area (Å²) in [5.74, 6) is 2.76. The van der Waals surface area contributed by atoms with Crippen LogP contribution in [-0.2, 0) is 17.7 Å². The highest BCUT2D eigenvalue weighted by molar-refractivity contribution is 6.36. The number of pyridine rings is 1. The Morgan fingerprint density at radius 2 is 2.17 bits per heavy atom. The van der Waals surface area contributed by atoms with E-state index in [0.29, 0.717) is 10.0 Å². The van der Waals surface area contributed by atoms with Gasteiger partial charge in [0.1, 0.15) is 11.6 Å². The summed E-state index contributed by atoms with van der Waals surface area (Å²) in [5, 5.41) is 9.83. The molecule has 0 amide bonds. The number of hydrogen-bond acceptors (Lipinski definition) is 5. The molecule has 1 saturated heterocycles. The highest BCUT2D eigenvalue weighted by Crippen LogP contribution is 2.39. The molecule has 6 nitrogen and oxygen atoms in total. The van der Waals surface area contributed by atoms with E-state index in [0.717, 1.165) is 49.8 Å². The number of halogens is 2. The first-order chi connectivity index (χ1) is 11.2. The van der Waals surface area contributed by atoms with E-state index in [4.69, 9.17) is 27.9 Å². The standard InChI is InChI=1S/C15H17Cl2N5O/c1-23-10-6-12(15-20-19-13-3-2-4-21(13)15)22(8-10)14-11(17)5-9(16)7-18-14/h5,7,10,12H,2-4,6,8H2,1H3/t10-,12+/m1/s1. The Labute approximate surface area is 144 Å². The predicted octanol–water partition coefficient (Wildman–Crippen LogP) is 2.89. The van der Waals surface area contributed by atoms with Crippen molar-refractivity contribution >= 4 is 29.0 Å².